The molecule has 7 heteroatoms. The monoisotopic (exact) mass is 397 g/mol. The first-order chi connectivity index (χ1) is 13.8. The molecule has 0 heterocycles. The number of carbonyl (C=O) groups excluding carboxylic acids is 2. The summed E-state index contributed by atoms with van der Waals surface area (Å²) in [5, 5.41) is 16.7. The van der Waals surface area contributed by atoms with E-state index in [0.29, 0.717) is 17.8 Å². The Hall–Kier alpha value is -3.35. The fourth-order valence-electron chi connectivity index (χ4n) is 3.21. The summed E-state index contributed by atoms with van der Waals surface area (Å²) in [4.78, 5) is 25.7. The predicted octanol–water partition coefficient (Wildman–Crippen LogP) is 3.57. The van der Waals surface area contributed by atoms with Crippen LogP contribution in [0.1, 0.15) is 41.7 Å². The summed E-state index contributed by atoms with van der Waals surface area (Å²) in [6, 6.07) is 11.0. The maximum Gasteiger partial charge on any atom is 0.257 e. The number of benzene rings is 2. The first-order valence-corrected chi connectivity index (χ1v) is 9.40. The Bertz CT molecular complexity index is 985. The molecule has 0 fully saturated rings. The third-order valence-electron chi connectivity index (χ3n) is 4.86. The van der Waals surface area contributed by atoms with Gasteiger partial charge in [0, 0.05) is 19.8 Å². The van der Waals surface area contributed by atoms with Crippen molar-refractivity contribution in [1.29, 1.82) is 0 Å². The van der Waals surface area contributed by atoms with Crippen molar-refractivity contribution in [2.75, 3.05) is 19.4 Å². The minimum atomic E-state index is -0.337. The summed E-state index contributed by atoms with van der Waals surface area (Å²) in [5.41, 5.74) is 2.24. The smallest absolute Gasteiger partial charge is 0.257 e. The fourth-order valence-corrected chi connectivity index (χ4v) is 3.21. The van der Waals surface area contributed by atoms with E-state index in [0.717, 1.165) is 5.56 Å². The summed E-state index contributed by atoms with van der Waals surface area (Å²) in [5.74, 6) is -0.970. The minimum Gasteiger partial charge on any atom is -0.505 e. The highest BCUT2D eigenvalue weighted by Crippen LogP contribution is 2.33. The number of hydrogen-bond donors (Lipinski definition) is 3. The molecule has 0 aliphatic heterocycles. The van der Waals surface area contributed by atoms with Crippen LogP contribution in [-0.2, 0) is 4.79 Å². The summed E-state index contributed by atoms with van der Waals surface area (Å²) in [7, 11) is 3.19. The largest absolute Gasteiger partial charge is 0.505 e. The molecule has 0 spiro atoms. The minimum absolute atomic E-state index is 0.106. The van der Waals surface area contributed by atoms with Crippen molar-refractivity contribution in [3.05, 3.63) is 70.8 Å². The molecule has 1 aliphatic rings. The number of phenols is 1. The van der Waals surface area contributed by atoms with Crippen molar-refractivity contribution in [3.8, 4) is 5.75 Å². The molecule has 2 aromatic rings. The lowest BCUT2D eigenvalue weighted by Crippen LogP contribution is -2.34. The van der Waals surface area contributed by atoms with Crippen LogP contribution in [0.4, 0.5) is 10.1 Å². The molecule has 1 atom stereocenters. The van der Waals surface area contributed by atoms with Crippen molar-refractivity contribution < 1.29 is 19.1 Å². The van der Waals surface area contributed by atoms with Gasteiger partial charge in [0.25, 0.3) is 5.91 Å². The van der Waals surface area contributed by atoms with Crippen LogP contribution >= 0.6 is 0 Å². The van der Waals surface area contributed by atoms with Crippen LogP contribution in [0.3, 0.4) is 0 Å². The summed E-state index contributed by atoms with van der Waals surface area (Å²) < 4.78 is 13.6. The number of ketones is 1. The Labute approximate surface area is 169 Å². The maximum absolute atomic E-state index is 13.6. The van der Waals surface area contributed by atoms with Crippen molar-refractivity contribution >= 4 is 17.4 Å². The van der Waals surface area contributed by atoms with Gasteiger partial charge in [-0.3, -0.25) is 9.59 Å². The van der Waals surface area contributed by atoms with Crippen molar-refractivity contribution in [2.24, 2.45) is 0 Å². The van der Waals surface area contributed by atoms with Crippen LogP contribution in [-0.4, -0.2) is 35.8 Å². The van der Waals surface area contributed by atoms with Crippen LogP contribution in [0.25, 0.3) is 0 Å². The number of nitrogens with one attached hydrogen (secondary N) is 2. The molecule has 0 aromatic heterocycles. The fraction of sp³-hybridized carbons (Fsp3) is 0.273. The summed E-state index contributed by atoms with van der Waals surface area (Å²) >= 11 is 0. The number of Topliss-reactive ketones (excluding diaryl/α,β-unsaturated/α-hetero) is 1. The average molecular weight is 397 g/mol. The number of aromatic hydroxyl groups is 1. The summed E-state index contributed by atoms with van der Waals surface area (Å²) in [6.45, 7) is 1.97. The molecule has 0 saturated heterocycles. The molecule has 0 saturated carbocycles. The van der Waals surface area contributed by atoms with Gasteiger partial charge in [0.2, 0.25) is 0 Å². The van der Waals surface area contributed by atoms with Crippen molar-refractivity contribution in [2.45, 2.75) is 25.8 Å². The number of nitrogens with zero attached hydrogens (tertiary/aromatic N) is 1. The zero-order valence-corrected chi connectivity index (χ0v) is 16.6. The number of para-hydroxylation sites is 1. The molecule has 1 unspecified atom stereocenters. The lowest BCUT2D eigenvalue weighted by Gasteiger charge is -2.29. The highest BCUT2D eigenvalue weighted by atomic mass is 19.1. The van der Waals surface area contributed by atoms with E-state index in [1.54, 1.807) is 32.3 Å². The number of hydrogen-bond acceptors (Lipinski definition) is 5. The Kier molecular flexibility index (Phi) is 5.87. The quantitative estimate of drug-likeness (QED) is 0.623. The predicted molar refractivity (Wildman–Crippen MR) is 109 cm³/mol. The van der Waals surface area contributed by atoms with Crippen LogP contribution < -0.4 is 10.6 Å². The van der Waals surface area contributed by atoms with Crippen molar-refractivity contribution in [3.63, 3.8) is 0 Å². The second-order valence-corrected chi connectivity index (χ2v) is 7.14. The van der Waals surface area contributed by atoms with E-state index in [-0.39, 0.29) is 47.0 Å². The molecule has 0 radical (unpaired) electrons. The number of rotatable bonds is 7. The number of phenolic OH excluding ortho intramolecular Hbond substituents is 1. The molecule has 3 N–H and O–H groups in total. The van der Waals surface area contributed by atoms with Gasteiger partial charge in [-0.05, 0) is 36.2 Å². The van der Waals surface area contributed by atoms with Gasteiger partial charge < -0.3 is 20.6 Å². The van der Waals surface area contributed by atoms with E-state index in [1.807, 2.05) is 13.0 Å². The zero-order valence-electron chi connectivity index (χ0n) is 16.6. The number of amides is 1. The van der Waals surface area contributed by atoms with E-state index < -0.39 is 0 Å². The number of anilines is 1. The van der Waals surface area contributed by atoms with Gasteiger partial charge in [-0.25, -0.2) is 4.39 Å². The van der Waals surface area contributed by atoms with Gasteiger partial charge in [0.15, 0.2) is 11.5 Å². The third-order valence-corrected chi connectivity index (χ3v) is 4.86. The SMILES string of the molecule is CCC(NC1=C(Nc2cccc(C(=O)N(C)C)c2O)C(=O)C1)c1cccc(F)c1. The molecule has 29 heavy (non-hydrogen) atoms. The Balaban J connectivity index is 1.85. The van der Waals surface area contributed by atoms with Crippen LogP contribution in [0.5, 0.6) is 5.75 Å². The standard InChI is InChI=1S/C22H24FN3O3/c1-4-16(13-7-5-8-14(23)11-13)24-18-12-19(27)20(18)25-17-10-6-9-15(21(17)28)22(29)26(2)3/h5-11,16,24-25,28H,4,12H2,1-3H3. The van der Waals surface area contributed by atoms with E-state index in [4.69, 9.17) is 0 Å². The molecular formula is C22H24FN3O3. The lowest BCUT2D eigenvalue weighted by molar-refractivity contribution is -0.116. The van der Waals surface area contributed by atoms with E-state index >= 15 is 0 Å². The average Bonchev–Trinajstić information content (AvgIpc) is 2.69. The zero-order chi connectivity index (χ0) is 21.1. The topological polar surface area (TPSA) is 81.7 Å². The van der Waals surface area contributed by atoms with Gasteiger partial charge in [0.1, 0.15) is 11.5 Å². The van der Waals surface area contributed by atoms with Crippen LogP contribution in [0.2, 0.25) is 0 Å². The van der Waals surface area contributed by atoms with E-state index in [1.165, 1.54) is 23.1 Å². The highest BCUT2D eigenvalue weighted by molar-refractivity contribution is 6.07. The second kappa shape index (κ2) is 8.34. The van der Waals surface area contributed by atoms with Crippen LogP contribution in [0.15, 0.2) is 53.9 Å². The number of allylic oxidation sites excluding steroid dienone is 2. The van der Waals surface area contributed by atoms with Gasteiger partial charge in [-0.1, -0.05) is 25.1 Å². The first kappa shape index (κ1) is 20.4. The molecule has 6 nitrogen and oxygen atoms in total. The highest BCUT2D eigenvalue weighted by Gasteiger charge is 2.30. The first-order valence-electron chi connectivity index (χ1n) is 9.40. The second-order valence-electron chi connectivity index (χ2n) is 7.14. The molecule has 1 aliphatic carbocycles. The lowest BCUT2D eigenvalue weighted by atomic mass is 9.95. The number of carbonyl (C=O) groups is 2. The maximum atomic E-state index is 13.6. The normalized spacial score (nSPS) is 14.3. The molecule has 0 bridgehead atoms. The third kappa shape index (κ3) is 4.23. The Morgan fingerprint density at radius 1 is 1.24 bits per heavy atom. The van der Waals surface area contributed by atoms with Crippen LogP contribution in [0, 0.1) is 5.82 Å². The van der Waals surface area contributed by atoms with Gasteiger partial charge in [0.05, 0.1) is 23.7 Å². The molecule has 2 aromatic carbocycles. The van der Waals surface area contributed by atoms with Gasteiger partial charge in [-0.15, -0.1) is 0 Å². The van der Waals surface area contributed by atoms with Gasteiger partial charge >= 0.3 is 0 Å². The van der Waals surface area contributed by atoms with Gasteiger partial charge in [-0.2, -0.15) is 0 Å². The van der Waals surface area contributed by atoms with E-state index in [2.05, 4.69) is 10.6 Å². The molecule has 1 amide bonds. The van der Waals surface area contributed by atoms with Crippen molar-refractivity contribution in [1.82, 2.24) is 10.2 Å². The molecule has 3 rings (SSSR count). The Morgan fingerprint density at radius 2 is 1.97 bits per heavy atom. The molecule has 152 valence electrons. The Morgan fingerprint density at radius 3 is 2.59 bits per heavy atom. The molecular weight excluding hydrogens is 373 g/mol. The summed E-state index contributed by atoms with van der Waals surface area (Å²) in [6.07, 6.45) is 0.928. The number of halogens is 1. The van der Waals surface area contributed by atoms with E-state index in [9.17, 15) is 19.1 Å².